The van der Waals surface area contributed by atoms with Crippen LogP contribution in [-0.4, -0.2) is 38.0 Å². The van der Waals surface area contributed by atoms with E-state index in [1.807, 2.05) is 6.92 Å². The molecule has 130 valence electrons. The van der Waals surface area contributed by atoms with Gasteiger partial charge in [0, 0.05) is 18.0 Å². The van der Waals surface area contributed by atoms with Gasteiger partial charge in [-0.3, -0.25) is 9.36 Å². The Balaban J connectivity index is 2.31. The monoisotopic (exact) mass is 352 g/mol. The second-order valence-corrected chi connectivity index (χ2v) is 6.01. The number of nitrogens with one attached hydrogen (secondary N) is 1. The predicted octanol–water partition coefficient (Wildman–Crippen LogP) is 1.14. The zero-order valence-electron chi connectivity index (χ0n) is 13.7. The fraction of sp³-hybridized carbons (Fsp3) is 0.438. The van der Waals surface area contributed by atoms with Crippen LogP contribution in [0.4, 0.5) is 0 Å². The third kappa shape index (κ3) is 4.46. The second-order valence-electron chi connectivity index (χ2n) is 5.58. The van der Waals surface area contributed by atoms with Gasteiger partial charge in [0.2, 0.25) is 5.91 Å². The number of amides is 1. The topological polar surface area (TPSA) is 89.2 Å². The molecule has 0 saturated carbocycles. The van der Waals surface area contributed by atoms with Gasteiger partial charge < -0.3 is 10.4 Å². The van der Waals surface area contributed by atoms with Crippen LogP contribution in [0.25, 0.3) is 5.69 Å². The molecule has 1 aromatic heterocycles. The first-order chi connectivity index (χ1) is 11.4. The molecule has 1 heterocycles. The molecule has 0 spiro atoms. The van der Waals surface area contributed by atoms with Gasteiger partial charge in [-0.1, -0.05) is 18.5 Å². The Morgan fingerprint density at radius 3 is 2.62 bits per heavy atom. The van der Waals surface area contributed by atoms with Crippen LogP contribution in [0.2, 0.25) is 5.02 Å². The number of aliphatic hydroxyl groups excluding tert-OH is 1. The highest BCUT2D eigenvalue weighted by molar-refractivity contribution is 6.30. The van der Waals surface area contributed by atoms with E-state index in [9.17, 15) is 14.7 Å². The maximum Gasteiger partial charge on any atom is 0.351 e. The molecule has 0 radical (unpaired) electrons. The van der Waals surface area contributed by atoms with E-state index in [1.54, 1.807) is 31.2 Å². The summed E-state index contributed by atoms with van der Waals surface area (Å²) >= 11 is 5.87. The van der Waals surface area contributed by atoms with E-state index in [0.717, 1.165) is 6.42 Å². The van der Waals surface area contributed by atoms with Crippen molar-refractivity contribution < 1.29 is 9.90 Å². The summed E-state index contributed by atoms with van der Waals surface area (Å²) in [6, 6.07) is 6.75. The van der Waals surface area contributed by atoms with Gasteiger partial charge in [0.25, 0.3) is 0 Å². The van der Waals surface area contributed by atoms with Gasteiger partial charge in [-0.05, 0) is 37.6 Å². The molecule has 2 aromatic rings. The lowest BCUT2D eigenvalue weighted by molar-refractivity contribution is -0.122. The summed E-state index contributed by atoms with van der Waals surface area (Å²) in [5.74, 6) is 0.204. The first kappa shape index (κ1) is 18.2. The molecular formula is C16H21ClN4O3. The summed E-state index contributed by atoms with van der Waals surface area (Å²) in [6.45, 7) is 3.56. The van der Waals surface area contributed by atoms with Crippen LogP contribution < -0.4 is 11.0 Å². The molecule has 8 heteroatoms. The van der Waals surface area contributed by atoms with Crippen molar-refractivity contribution in [2.24, 2.45) is 0 Å². The Kier molecular flexibility index (Phi) is 6.16. The normalized spacial score (nSPS) is 12.2. The number of carbonyl (C=O) groups is 1. The fourth-order valence-electron chi connectivity index (χ4n) is 2.22. The van der Waals surface area contributed by atoms with Crippen LogP contribution in [0.15, 0.2) is 29.1 Å². The minimum absolute atomic E-state index is 0.130. The van der Waals surface area contributed by atoms with Crippen molar-refractivity contribution in [3.8, 4) is 5.69 Å². The van der Waals surface area contributed by atoms with Crippen molar-refractivity contribution in [1.29, 1.82) is 0 Å². The highest BCUT2D eigenvalue weighted by atomic mass is 35.5. The Hall–Kier alpha value is -2.12. The lowest BCUT2D eigenvalue weighted by Gasteiger charge is -2.08. The van der Waals surface area contributed by atoms with E-state index in [0.29, 0.717) is 23.0 Å². The number of hydrogen-bond acceptors (Lipinski definition) is 4. The van der Waals surface area contributed by atoms with Crippen molar-refractivity contribution in [2.45, 2.75) is 39.3 Å². The number of aliphatic hydroxyl groups is 1. The number of aryl methyl sites for hydroxylation is 1. The maximum absolute atomic E-state index is 12.6. The van der Waals surface area contributed by atoms with E-state index < -0.39 is 6.10 Å². The molecule has 2 rings (SSSR count). The standard InChI is InChI=1S/C16H21ClN4O3/c1-3-4-14-19-21(13-7-5-12(17)6-8-13)16(24)20(14)10-15(23)18-9-11(2)22/h5-8,11,22H,3-4,9-10H2,1-2H3,(H,18,23)/t11-/m0/s1. The van der Waals surface area contributed by atoms with E-state index >= 15 is 0 Å². The van der Waals surface area contributed by atoms with Crippen molar-refractivity contribution in [2.75, 3.05) is 6.54 Å². The number of benzene rings is 1. The summed E-state index contributed by atoms with van der Waals surface area (Å²) in [5, 5.41) is 16.7. The zero-order valence-corrected chi connectivity index (χ0v) is 14.5. The predicted molar refractivity (Wildman–Crippen MR) is 91.5 cm³/mol. The maximum atomic E-state index is 12.6. The Bertz CT molecular complexity index is 750. The third-order valence-corrected chi connectivity index (χ3v) is 3.63. The molecule has 0 bridgehead atoms. The average Bonchev–Trinajstić information content (AvgIpc) is 2.83. The molecule has 0 aliphatic heterocycles. The van der Waals surface area contributed by atoms with Crippen LogP contribution in [0.1, 0.15) is 26.1 Å². The molecule has 1 atom stereocenters. The van der Waals surface area contributed by atoms with Crippen LogP contribution in [0.3, 0.4) is 0 Å². The van der Waals surface area contributed by atoms with Crippen LogP contribution >= 0.6 is 11.6 Å². The van der Waals surface area contributed by atoms with Gasteiger partial charge in [-0.2, -0.15) is 4.68 Å². The van der Waals surface area contributed by atoms with Crippen molar-refractivity contribution in [3.05, 3.63) is 45.6 Å². The minimum atomic E-state index is -0.641. The highest BCUT2D eigenvalue weighted by Gasteiger charge is 2.16. The van der Waals surface area contributed by atoms with Gasteiger partial charge in [0.1, 0.15) is 12.4 Å². The smallest absolute Gasteiger partial charge is 0.351 e. The van der Waals surface area contributed by atoms with E-state index in [2.05, 4.69) is 10.4 Å². The number of halogens is 1. The molecule has 1 amide bonds. The SMILES string of the molecule is CCCc1nn(-c2ccc(Cl)cc2)c(=O)n1CC(=O)NC[C@H](C)O. The minimum Gasteiger partial charge on any atom is -0.392 e. The number of aromatic nitrogens is 3. The Morgan fingerprint density at radius 2 is 2.04 bits per heavy atom. The number of nitrogens with zero attached hydrogens (tertiary/aromatic N) is 3. The van der Waals surface area contributed by atoms with Crippen LogP contribution in [0, 0.1) is 0 Å². The lowest BCUT2D eigenvalue weighted by Crippen LogP contribution is -2.36. The summed E-state index contributed by atoms with van der Waals surface area (Å²) in [7, 11) is 0. The van der Waals surface area contributed by atoms with E-state index in [1.165, 1.54) is 9.25 Å². The molecule has 0 unspecified atom stereocenters. The number of carbonyl (C=O) groups excluding carboxylic acids is 1. The van der Waals surface area contributed by atoms with Gasteiger partial charge in [-0.25, -0.2) is 4.79 Å². The molecule has 1 aromatic carbocycles. The van der Waals surface area contributed by atoms with E-state index in [-0.39, 0.29) is 24.7 Å². The van der Waals surface area contributed by atoms with E-state index in [4.69, 9.17) is 11.6 Å². The molecule has 0 aliphatic carbocycles. The summed E-state index contributed by atoms with van der Waals surface area (Å²) in [4.78, 5) is 24.6. The Morgan fingerprint density at radius 1 is 1.38 bits per heavy atom. The molecule has 2 N–H and O–H groups in total. The number of rotatable bonds is 7. The molecule has 0 saturated heterocycles. The molecule has 7 nitrogen and oxygen atoms in total. The van der Waals surface area contributed by atoms with Gasteiger partial charge >= 0.3 is 5.69 Å². The Labute approximate surface area is 144 Å². The zero-order chi connectivity index (χ0) is 17.7. The van der Waals surface area contributed by atoms with Crippen molar-refractivity contribution in [1.82, 2.24) is 19.7 Å². The first-order valence-electron chi connectivity index (χ1n) is 7.81. The van der Waals surface area contributed by atoms with Crippen molar-refractivity contribution in [3.63, 3.8) is 0 Å². The first-order valence-corrected chi connectivity index (χ1v) is 8.19. The largest absolute Gasteiger partial charge is 0.392 e. The van der Waals surface area contributed by atoms with Gasteiger partial charge in [0.05, 0.1) is 11.8 Å². The quantitative estimate of drug-likeness (QED) is 0.782. The summed E-state index contributed by atoms with van der Waals surface area (Å²) < 4.78 is 2.62. The molecule has 0 fully saturated rings. The van der Waals surface area contributed by atoms with Crippen LogP contribution in [-0.2, 0) is 17.8 Å². The van der Waals surface area contributed by atoms with Gasteiger partial charge in [0.15, 0.2) is 0 Å². The van der Waals surface area contributed by atoms with Crippen molar-refractivity contribution >= 4 is 17.5 Å². The summed E-state index contributed by atoms with van der Waals surface area (Å²) in [5.41, 5.74) is 0.206. The molecule has 24 heavy (non-hydrogen) atoms. The second kappa shape index (κ2) is 8.12. The summed E-state index contributed by atoms with van der Waals surface area (Å²) in [6.07, 6.45) is 0.740. The average molecular weight is 353 g/mol. The van der Waals surface area contributed by atoms with Gasteiger partial charge in [-0.15, -0.1) is 5.10 Å². The lowest BCUT2D eigenvalue weighted by atomic mass is 10.3. The molecular weight excluding hydrogens is 332 g/mol. The van der Waals surface area contributed by atoms with Crippen LogP contribution in [0.5, 0.6) is 0 Å². The fourth-order valence-corrected chi connectivity index (χ4v) is 2.34. The highest BCUT2D eigenvalue weighted by Crippen LogP contribution is 2.12. The number of hydrogen-bond donors (Lipinski definition) is 2. The third-order valence-electron chi connectivity index (χ3n) is 3.38. The molecule has 0 aliphatic rings.